The van der Waals surface area contributed by atoms with Gasteiger partial charge >= 0.3 is 0 Å². The van der Waals surface area contributed by atoms with Crippen LogP contribution in [-0.2, 0) is 12.8 Å². The van der Waals surface area contributed by atoms with Gasteiger partial charge in [-0.1, -0.05) is 40.5 Å². The Morgan fingerprint density at radius 1 is 0.743 bits per heavy atom. The van der Waals surface area contributed by atoms with E-state index in [2.05, 4.69) is 27.7 Å². The summed E-state index contributed by atoms with van der Waals surface area (Å²) in [5, 5.41) is 19.0. The third kappa shape index (κ3) is 10.9. The number of aliphatic hydroxyl groups is 2. The minimum absolute atomic E-state index is 0.0101. The fourth-order valence-corrected chi connectivity index (χ4v) is 5.95. The van der Waals surface area contributed by atoms with Crippen molar-refractivity contribution < 1.29 is 10.2 Å². The van der Waals surface area contributed by atoms with Crippen LogP contribution in [0.4, 0.5) is 0 Å². The van der Waals surface area contributed by atoms with Gasteiger partial charge < -0.3 is 10.2 Å². The van der Waals surface area contributed by atoms with Crippen molar-refractivity contribution in [3.63, 3.8) is 0 Å². The SMILES string of the molecule is CCC(C)(CO)CCCCc1cc(=O)cc(/C=C\c2cc(=O)cc(CCCCC(C)(C)CO)s2)s1. The number of hydrogen-bond acceptors (Lipinski definition) is 6. The molecule has 0 amide bonds. The summed E-state index contributed by atoms with van der Waals surface area (Å²) in [5.41, 5.74) is -0.0365. The molecule has 0 bridgehead atoms. The highest BCUT2D eigenvalue weighted by Gasteiger charge is 2.20. The van der Waals surface area contributed by atoms with E-state index in [9.17, 15) is 19.8 Å². The predicted octanol–water partition coefficient (Wildman–Crippen LogP) is 6.55. The molecule has 0 saturated heterocycles. The lowest BCUT2D eigenvalue weighted by Crippen LogP contribution is -2.20. The van der Waals surface area contributed by atoms with Crippen molar-refractivity contribution in [2.45, 2.75) is 85.5 Å². The minimum Gasteiger partial charge on any atom is -0.396 e. The van der Waals surface area contributed by atoms with Crippen molar-refractivity contribution in [1.29, 1.82) is 0 Å². The number of hydrogen-bond donors (Lipinski definition) is 2. The van der Waals surface area contributed by atoms with Crippen LogP contribution in [0, 0.1) is 10.8 Å². The molecule has 2 aromatic heterocycles. The fourth-order valence-electron chi connectivity index (χ4n) is 3.88. The zero-order valence-corrected chi connectivity index (χ0v) is 23.4. The van der Waals surface area contributed by atoms with Crippen LogP contribution in [0.5, 0.6) is 0 Å². The molecule has 2 N–H and O–H groups in total. The summed E-state index contributed by atoms with van der Waals surface area (Å²) in [6.45, 7) is 8.78. The van der Waals surface area contributed by atoms with Gasteiger partial charge in [-0.15, -0.1) is 22.7 Å². The molecule has 2 heterocycles. The van der Waals surface area contributed by atoms with Gasteiger partial charge in [-0.05, 0) is 80.1 Å². The molecule has 0 saturated carbocycles. The van der Waals surface area contributed by atoms with Crippen LogP contribution in [0.3, 0.4) is 0 Å². The van der Waals surface area contributed by atoms with Crippen molar-refractivity contribution in [2.75, 3.05) is 13.2 Å². The lowest BCUT2D eigenvalue weighted by atomic mass is 9.83. The molecular weight excluding hydrogens is 476 g/mol. The molecule has 194 valence electrons. The minimum atomic E-state index is -0.0522. The van der Waals surface area contributed by atoms with E-state index in [4.69, 9.17) is 0 Å². The van der Waals surface area contributed by atoms with Crippen LogP contribution in [0.2, 0.25) is 0 Å². The molecule has 6 heteroatoms. The second kappa shape index (κ2) is 14.2. The second-order valence-corrected chi connectivity index (χ2v) is 13.1. The number of rotatable bonds is 15. The third-order valence-corrected chi connectivity index (χ3v) is 8.88. The van der Waals surface area contributed by atoms with Crippen molar-refractivity contribution in [1.82, 2.24) is 0 Å². The molecule has 0 fully saturated rings. The molecule has 0 aliphatic carbocycles. The Labute approximate surface area is 218 Å². The van der Waals surface area contributed by atoms with Gasteiger partial charge in [-0.2, -0.15) is 0 Å². The van der Waals surface area contributed by atoms with E-state index in [1.165, 1.54) is 0 Å². The van der Waals surface area contributed by atoms with Crippen LogP contribution < -0.4 is 10.9 Å². The van der Waals surface area contributed by atoms with Gasteiger partial charge in [0.1, 0.15) is 0 Å². The van der Waals surface area contributed by atoms with Crippen LogP contribution >= 0.6 is 22.7 Å². The Kier molecular flexibility index (Phi) is 12.0. The first-order valence-electron chi connectivity index (χ1n) is 12.8. The molecule has 0 aliphatic rings. The maximum Gasteiger partial charge on any atom is 0.181 e. The molecule has 0 aliphatic heterocycles. The summed E-state index contributed by atoms with van der Waals surface area (Å²) in [6.07, 6.45) is 12.6. The Bertz CT molecular complexity index is 1060. The highest BCUT2D eigenvalue weighted by Crippen LogP contribution is 2.28. The van der Waals surface area contributed by atoms with E-state index >= 15 is 0 Å². The van der Waals surface area contributed by atoms with Crippen molar-refractivity contribution in [2.24, 2.45) is 10.8 Å². The lowest BCUT2D eigenvalue weighted by molar-refractivity contribution is 0.125. The fraction of sp³-hybridized carbons (Fsp3) is 0.586. The first-order chi connectivity index (χ1) is 16.6. The third-order valence-electron chi connectivity index (χ3n) is 6.73. The molecule has 1 unspecified atom stereocenters. The Morgan fingerprint density at radius 2 is 1.23 bits per heavy atom. The van der Waals surface area contributed by atoms with E-state index in [1.54, 1.807) is 46.9 Å². The van der Waals surface area contributed by atoms with E-state index < -0.39 is 0 Å². The van der Waals surface area contributed by atoms with Crippen LogP contribution in [0.1, 0.15) is 92.1 Å². The van der Waals surface area contributed by atoms with Crippen LogP contribution in [-0.4, -0.2) is 23.4 Å². The average molecular weight is 519 g/mol. The second-order valence-electron chi connectivity index (χ2n) is 10.7. The highest BCUT2D eigenvalue weighted by molar-refractivity contribution is 7.13. The van der Waals surface area contributed by atoms with Gasteiger partial charge in [0.25, 0.3) is 0 Å². The zero-order chi connectivity index (χ0) is 25.9. The number of aliphatic hydroxyl groups excluding tert-OH is 2. The van der Waals surface area contributed by atoms with Crippen molar-refractivity contribution in [3.8, 4) is 0 Å². The molecule has 0 aromatic carbocycles. The van der Waals surface area contributed by atoms with E-state index in [-0.39, 0.29) is 34.9 Å². The number of unbranched alkanes of at least 4 members (excludes halogenated alkanes) is 2. The largest absolute Gasteiger partial charge is 0.396 e. The zero-order valence-electron chi connectivity index (χ0n) is 21.8. The van der Waals surface area contributed by atoms with E-state index in [0.29, 0.717) is 0 Å². The van der Waals surface area contributed by atoms with Crippen LogP contribution in [0.15, 0.2) is 33.9 Å². The topological polar surface area (TPSA) is 74.6 Å². The summed E-state index contributed by atoms with van der Waals surface area (Å²) in [6, 6.07) is 6.75. The van der Waals surface area contributed by atoms with E-state index in [0.717, 1.165) is 77.3 Å². The molecule has 0 spiro atoms. The quantitative estimate of drug-likeness (QED) is 0.262. The van der Waals surface area contributed by atoms with Crippen molar-refractivity contribution >= 4 is 34.8 Å². The molecule has 4 nitrogen and oxygen atoms in total. The Morgan fingerprint density at radius 3 is 1.66 bits per heavy atom. The highest BCUT2D eigenvalue weighted by atomic mass is 32.1. The van der Waals surface area contributed by atoms with Gasteiger partial charge in [0.2, 0.25) is 0 Å². The maximum atomic E-state index is 12.2. The first kappa shape index (κ1) is 29.6. The first-order valence-corrected chi connectivity index (χ1v) is 14.4. The summed E-state index contributed by atoms with van der Waals surface area (Å²) < 4.78 is 0. The average Bonchev–Trinajstić information content (AvgIpc) is 2.82. The molecule has 2 rings (SSSR count). The molecule has 0 radical (unpaired) electrons. The molecule has 2 aromatic rings. The number of aryl methyl sites for hydroxylation is 2. The summed E-state index contributed by atoms with van der Waals surface area (Å²) >= 11 is 3.25. The molecule has 1 atom stereocenters. The van der Waals surface area contributed by atoms with Crippen molar-refractivity contribution in [3.05, 3.63) is 64.2 Å². The van der Waals surface area contributed by atoms with Crippen LogP contribution in [0.25, 0.3) is 12.2 Å². The van der Waals surface area contributed by atoms with Gasteiger partial charge in [-0.25, -0.2) is 0 Å². The molecular formula is C29H42O4S2. The Hall–Kier alpha value is -1.60. The predicted molar refractivity (Wildman–Crippen MR) is 152 cm³/mol. The summed E-state index contributed by atoms with van der Waals surface area (Å²) in [4.78, 5) is 28.4. The van der Waals surface area contributed by atoms with E-state index in [1.807, 2.05) is 12.2 Å². The van der Waals surface area contributed by atoms with Gasteiger partial charge in [0.05, 0.1) is 0 Å². The lowest BCUT2D eigenvalue weighted by Gasteiger charge is -2.25. The van der Waals surface area contributed by atoms with Gasteiger partial charge in [0.15, 0.2) is 10.9 Å². The Balaban J connectivity index is 1.98. The molecule has 35 heavy (non-hydrogen) atoms. The smallest absolute Gasteiger partial charge is 0.181 e. The standard InChI is InChI=1S/C29H42O4S2/c1-5-29(4,21-31)15-9-7-11-25-17-23(33)19-27(35-25)13-12-26-18-22(32)16-24(34-26)10-6-8-14-28(2,3)20-30/h12-13,16-19,30-31H,5-11,14-15,20-21H2,1-4H3/b13-12-. The summed E-state index contributed by atoms with van der Waals surface area (Å²) in [5.74, 6) is 0. The van der Waals surface area contributed by atoms with Gasteiger partial charge in [-0.3, -0.25) is 9.59 Å². The monoisotopic (exact) mass is 518 g/mol. The van der Waals surface area contributed by atoms with Gasteiger partial charge in [0, 0.05) is 44.9 Å². The summed E-state index contributed by atoms with van der Waals surface area (Å²) in [7, 11) is 0. The normalized spacial score (nSPS) is 13.9. The maximum absolute atomic E-state index is 12.2.